The zero-order chi connectivity index (χ0) is 6.57. The molecule has 0 aromatic rings. The molecule has 1 atom stereocenters. The van der Waals surface area contributed by atoms with Crippen LogP contribution in [-0.2, 0) is 0 Å². The van der Waals surface area contributed by atoms with Gasteiger partial charge in [0.15, 0.2) is 0 Å². The number of halogens is 1. The summed E-state index contributed by atoms with van der Waals surface area (Å²) in [6, 6.07) is 1.71. The Morgan fingerprint density at radius 2 is 2.00 bits per heavy atom. The first-order valence-electron chi connectivity index (χ1n) is 2.82. The summed E-state index contributed by atoms with van der Waals surface area (Å²) in [4.78, 5) is 0. The lowest BCUT2D eigenvalue weighted by molar-refractivity contribution is 0.551. The van der Waals surface area contributed by atoms with Crippen LogP contribution < -0.4 is 5.73 Å². The summed E-state index contributed by atoms with van der Waals surface area (Å²) in [5.74, 6) is 0.532. The van der Waals surface area contributed by atoms with Gasteiger partial charge in [0.2, 0.25) is 0 Å². The molecular formula is C6H13ClN2. The maximum atomic E-state index is 8.21. The summed E-state index contributed by atoms with van der Waals surface area (Å²) >= 11 is 0. The average molecular weight is 149 g/mol. The van der Waals surface area contributed by atoms with Gasteiger partial charge in [-0.15, -0.1) is 12.4 Å². The molecule has 2 N–H and O–H groups in total. The lowest BCUT2D eigenvalue weighted by Crippen LogP contribution is -2.19. The van der Waals surface area contributed by atoms with Crippen LogP contribution in [0.15, 0.2) is 0 Å². The van der Waals surface area contributed by atoms with E-state index in [0.29, 0.717) is 5.92 Å². The van der Waals surface area contributed by atoms with Gasteiger partial charge in [-0.05, 0) is 12.3 Å². The Balaban J connectivity index is 0. The van der Waals surface area contributed by atoms with E-state index in [1.54, 1.807) is 0 Å². The predicted octanol–water partition coefficient (Wildman–Crippen LogP) is 1.31. The first kappa shape index (κ1) is 11.5. The van der Waals surface area contributed by atoms with Gasteiger partial charge in [0, 0.05) is 0 Å². The molecule has 0 amide bonds. The van der Waals surface area contributed by atoms with E-state index in [2.05, 4.69) is 13.8 Å². The molecule has 54 valence electrons. The Hall–Kier alpha value is -0.260. The Labute approximate surface area is 62.4 Å². The highest BCUT2D eigenvalue weighted by Crippen LogP contribution is 2.00. The maximum Gasteiger partial charge on any atom is 0.0930 e. The van der Waals surface area contributed by atoms with E-state index in [1.807, 2.05) is 6.07 Å². The third kappa shape index (κ3) is 7.74. The fourth-order valence-electron chi connectivity index (χ4n) is 0.561. The van der Waals surface area contributed by atoms with Gasteiger partial charge in [0.1, 0.15) is 0 Å². The van der Waals surface area contributed by atoms with Crippen LogP contribution in [0.25, 0.3) is 0 Å². The quantitative estimate of drug-likeness (QED) is 0.642. The molecule has 0 saturated heterocycles. The topological polar surface area (TPSA) is 49.8 Å². The number of rotatable bonds is 2. The minimum atomic E-state index is -0.269. The van der Waals surface area contributed by atoms with Crippen LogP contribution in [0.3, 0.4) is 0 Å². The first-order valence-corrected chi connectivity index (χ1v) is 2.82. The second-order valence-corrected chi connectivity index (χ2v) is 2.37. The van der Waals surface area contributed by atoms with E-state index in [-0.39, 0.29) is 18.4 Å². The fourth-order valence-corrected chi connectivity index (χ4v) is 0.561. The number of hydrogen-bond donors (Lipinski definition) is 1. The van der Waals surface area contributed by atoms with Gasteiger partial charge < -0.3 is 5.73 Å². The monoisotopic (exact) mass is 148 g/mol. The zero-order valence-corrected chi connectivity index (χ0v) is 6.61. The molecule has 0 saturated carbocycles. The molecule has 0 aromatic heterocycles. The number of hydrogen-bond acceptors (Lipinski definition) is 2. The second-order valence-electron chi connectivity index (χ2n) is 2.37. The van der Waals surface area contributed by atoms with Crippen LogP contribution in [0.1, 0.15) is 20.3 Å². The molecule has 0 spiro atoms. The first-order chi connectivity index (χ1) is 3.66. The van der Waals surface area contributed by atoms with Crippen molar-refractivity contribution in [3.05, 3.63) is 0 Å². The van der Waals surface area contributed by atoms with Crippen molar-refractivity contribution in [1.29, 1.82) is 5.26 Å². The highest BCUT2D eigenvalue weighted by Gasteiger charge is 2.01. The second kappa shape index (κ2) is 5.87. The molecule has 0 heterocycles. The minimum absolute atomic E-state index is 0. The van der Waals surface area contributed by atoms with Crippen LogP contribution in [-0.4, -0.2) is 6.04 Å². The summed E-state index contributed by atoms with van der Waals surface area (Å²) in [5, 5.41) is 8.21. The third-order valence-electron chi connectivity index (χ3n) is 0.891. The molecule has 0 aliphatic carbocycles. The van der Waals surface area contributed by atoms with Crippen molar-refractivity contribution in [2.45, 2.75) is 26.3 Å². The summed E-state index contributed by atoms with van der Waals surface area (Å²) in [6.45, 7) is 4.11. The number of nitrogens with two attached hydrogens (primary N) is 1. The molecule has 3 heteroatoms. The predicted molar refractivity (Wildman–Crippen MR) is 40.3 cm³/mol. The van der Waals surface area contributed by atoms with E-state index in [1.165, 1.54) is 0 Å². The van der Waals surface area contributed by atoms with Crippen molar-refractivity contribution < 1.29 is 0 Å². The maximum absolute atomic E-state index is 8.21. The molecular weight excluding hydrogens is 136 g/mol. The van der Waals surface area contributed by atoms with Crippen molar-refractivity contribution in [2.75, 3.05) is 0 Å². The molecule has 0 rings (SSSR count). The Morgan fingerprint density at radius 1 is 1.56 bits per heavy atom. The van der Waals surface area contributed by atoms with Crippen molar-refractivity contribution in [3.8, 4) is 6.07 Å². The van der Waals surface area contributed by atoms with Crippen LogP contribution in [0, 0.1) is 17.2 Å². The van der Waals surface area contributed by atoms with Crippen molar-refractivity contribution in [2.24, 2.45) is 11.7 Å². The molecule has 0 radical (unpaired) electrons. The van der Waals surface area contributed by atoms with E-state index in [0.717, 1.165) is 6.42 Å². The Bertz CT molecular complexity index is 95.7. The highest BCUT2D eigenvalue weighted by atomic mass is 35.5. The van der Waals surface area contributed by atoms with Gasteiger partial charge in [-0.3, -0.25) is 0 Å². The van der Waals surface area contributed by atoms with Gasteiger partial charge in [-0.1, -0.05) is 13.8 Å². The van der Waals surface area contributed by atoms with Gasteiger partial charge >= 0.3 is 0 Å². The van der Waals surface area contributed by atoms with Crippen LogP contribution in [0.5, 0.6) is 0 Å². The Kier molecular flexibility index (Phi) is 7.52. The van der Waals surface area contributed by atoms with Crippen LogP contribution >= 0.6 is 12.4 Å². The molecule has 0 aliphatic rings. The molecule has 1 unspecified atom stereocenters. The van der Waals surface area contributed by atoms with E-state index in [4.69, 9.17) is 11.0 Å². The van der Waals surface area contributed by atoms with Gasteiger partial charge in [-0.2, -0.15) is 5.26 Å². The number of nitrogens with zero attached hydrogens (tertiary/aromatic N) is 1. The largest absolute Gasteiger partial charge is 0.316 e. The summed E-state index contributed by atoms with van der Waals surface area (Å²) in [5.41, 5.74) is 5.31. The van der Waals surface area contributed by atoms with Crippen molar-refractivity contribution >= 4 is 12.4 Å². The van der Waals surface area contributed by atoms with E-state index in [9.17, 15) is 0 Å². The minimum Gasteiger partial charge on any atom is -0.316 e. The van der Waals surface area contributed by atoms with Crippen molar-refractivity contribution in [1.82, 2.24) is 0 Å². The van der Waals surface area contributed by atoms with E-state index >= 15 is 0 Å². The standard InChI is InChI=1S/C6H12N2.ClH/c1-5(2)3-6(8)4-7;/h5-6H,3,8H2,1-2H3;1H. The lowest BCUT2D eigenvalue weighted by Gasteiger charge is -2.03. The molecule has 9 heavy (non-hydrogen) atoms. The van der Waals surface area contributed by atoms with Gasteiger partial charge in [-0.25, -0.2) is 0 Å². The van der Waals surface area contributed by atoms with Crippen LogP contribution in [0.4, 0.5) is 0 Å². The normalized spacial score (nSPS) is 11.9. The smallest absolute Gasteiger partial charge is 0.0930 e. The molecule has 0 bridgehead atoms. The molecule has 0 fully saturated rings. The van der Waals surface area contributed by atoms with Gasteiger partial charge in [0.25, 0.3) is 0 Å². The van der Waals surface area contributed by atoms with E-state index < -0.39 is 0 Å². The molecule has 0 aromatic carbocycles. The van der Waals surface area contributed by atoms with Gasteiger partial charge in [0.05, 0.1) is 12.1 Å². The summed E-state index contributed by atoms with van der Waals surface area (Å²) < 4.78 is 0. The highest BCUT2D eigenvalue weighted by molar-refractivity contribution is 5.85. The molecule has 0 aliphatic heterocycles. The SMILES string of the molecule is CC(C)CC(N)C#N.Cl. The average Bonchev–Trinajstić information content (AvgIpc) is 1.65. The summed E-state index contributed by atoms with van der Waals surface area (Å²) in [6.07, 6.45) is 0.802. The zero-order valence-electron chi connectivity index (χ0n) is 5.79. The van der Waals surface area contributed by atoms with Crippen LogP contribution in [0.2, 0.25) is 0 Å². The molecule has 2 nitrogen and oxygen atoms in total. The Morgan fingerprint density at radius 3 is 2.11 bits per heavy atom. The third-order valence-corrected chi connectivity index (χ3v) is 0.891. The fraction of sp³-hybridized carbons (Fsp3) is 0.833. The van der Waals surface area contributed by atoms with Crippen molar-refractivity contribution in [3.63, 3.8) is 0 Å². The lowest BCUT2D eigenvalue weighted by atomic mass is 10.1. The number of nitriles is 1. The summed E-state index contributed by atoms with van der Waals surface area (Å²) in [7, 11) is 0.